The van der Waals surface area contributed by atoms with E-state index in [1.54, 1.807) is 0 Å². The van der Waals surface area contributed by atoms with Crippen molar-refractivity contribution in [3.8, 4) is 0 Å². The minimum Gasteiger partial charge on any atom is -0.390 e. The predicted molar refractivity (Wildman–Crippen MR) is 48.4 cm³/mol. The molecule has 1 saturated heterocycles. The van der Waals surface area contributed by atoms with Gasteiger partial charge in [0.25, 0.3) is 0 Å². The summed E-state index contributed by atoms with van der Waals surface area (Å²) in [5.41, 5.74) is -0.539. The first kappa shape index (κ1) is 8.81. The molecule has 0 atom stereocenters. The molecule has 0 aromatic heterocycles. The van der Waals surface area contributed by atoms with E-state index in [4.69, 9.17) is 0 Å². The van der Waals surface area contributed by atoms with Gasteiger partial charge in [0.1, 0.15) is 0 Å². The molecule has 2 amide bonds. The lowest BCUT2D eigenvalue weighted by Crippen LogP contribution is -2.59. The van der Waals surface area contributed by atoms with Crippen molar-refractivity contribution in [3.05, 3.63) is 0 Å². The average Bonchev–Trinajstić information content (AvgIpc) is 2.01. The molecule has 0 aromatic carbocycles. The fraction of sp³-hybridized carbons (Fsp3) is 0.889. The van der Waals surface area contributed by atoms with Crippen LogP contribution >= 0.6 is 0 Å². The maximum atomic E-state index is 11.4. The average molecular weight is 184 g/mol. The minimum absolute atomic E-state index is 0.0340. The highest BCUT2D eigenvalue weighted by molar-refractivity contribution is 5.75. The Morgan fingerprint density at radius 1 is 1.62 bits per heavy atom. The van der Waals surface area contributed by atoms with E-state index in [9.17, 15) is 9.90 Å². The highest BCUT2D eigenvalue weighted by Gasteiger charge is 2.43. The van der Waals surface area contributed by atoms with E-state index in [2.05, 4.69) is 5.32 Å². The molecule has 0 aromatic rings. The SMILES string of the molecule is CC1(O)CC(N2CCCNC2=O)C1. The molecular formula is C9H16N2O2. The first-order valence-corrected chi connectivity index (χ1v) is 4.85. The molecule has 4 heteroatoms. The molecule has 2 fully saturated rings. The van der Waals surface area contributed by atoms with Gasteiger partial charge in [0.2, 0.25) is 0 Å². The van der Waals surface area contributed by atoms with E-state index in [-0.39, 0.29) is 12.1 Å². The van der Waals surface area contributed by atoms with Crippen LogP contribution in [0.5, 0.6) is 0 Å². The van der Waals surface area contributed by atoms with Gasteiger partial charge in [0.05, 0.1) is 5.60 Å². The van der Waals surface area contributed by atoms with Gasteiger partial charge >= 0.3 is 6.03 Å². The van der Waals surface area contributed by atoms with Gasteiger partial charge in [-0.3, -0.25) is 0 Å². The molecule has 1 heterocycles. The van der Waals surface area contributed by atoms with E-state index in [1.165, 1.54) is 0 Å². The molecular weight excluding hydrogens is 168 g/mol. The van der Waals surface area contributed by atoms with Gasteiger partial charge < -0.3 is 15.3 Å². The smallest absolute Gasteiger partial charge is 0.317 e. The Balaban J connectivity index is 1.91. The second-order valence-electron chi connectivity index (χ2n) is 4.34. The van der Waals surface area contributed by atoms with Crippen molar-refractivity contribution < 1.29 is 9.90 Å². The Morgan fingerprint density at radius 2 is 2.31 bits per heavy atom. The third kappa shape index (κ3) is 1.63. The molecule has 2 aliphatic rings. The maximum absolute atomic E-state index is 11.4. The molecule has 1 saturated carbocycles. The number of carbonyl (C=O) groups is 1. The third-order valence-corrected chi connectivity index (χ3v) is 2.90. The molecule has 0 unspecified atom stereocenters. The molecule has 0 bridgehead atoms. The van der Waals surface area contributed by atoms with Gasteiger partial charge in [-0.15, -0.1) is 0 Å². The van der Waals surface area contributed by atoms with Crippen molar-refractivity contribution in [2.45, 2.75) is 37.8 Å². The van der Waals surface area contributed by atoms with Crippen molar-refractivity contribution in [2.24, 2.45) is 0 Å². The van der Waals surface area contributed by atoms with E-state index < -0.39 is 5.60 Å². The number of carbonyl (C=O) groups excluding carboxylic acids is 1. The zero-order valence-corrected chi connectivity index (χ0v) is 7.92. The van der Waals surface area contributed by atoms with Crippen LogP contribution in [-0.4, -0.2) is 40.8 Å². The van der Waals surface area contributed by atoms with E-state index >= 15 is 0 Å². The third-order valence-electron chi connectivity index (χ3n) is 2.90. The Bertz CT molecular complexity index is 220. The number of amides is 2. The van der Waals surface area contributed by atoms with Crippen LogP contribution in [0.25, 0.3) is 0 Å². The van der Waals surface area contributed by atoms with Crippen LogP contribution in [-0.2, 0) is 0 Å². The lowest BCUT2D eigenvalue weighted by atomic mass is 9.76. The Kier molecular flexibility index (Phi) is 1.95. The summed E-state index contributed by atoms with van der Waals surface area (Å²) in [4.78, 5) is 13.2. The van der Waals surface area contributed by atoms with Crippen molar-refractivity contribution in [1.29, 1.82) is 0 Å². The largest absolute Gasteiger partial charge is 0.390 e. The maximum Gasteiger partial charge on any atom is 0.317 e. The number of aliphatic hydroxyl groups is 1. The molecule has 2 N–H and O–H groups in total. The van der Waals surface area contributed by atoms with E-state index in [0.29, 0.717) is 0 Å². The molecule has 1 aliphatic heterocycles. The van der Waals surface area contributed by atoms with Crippen LogP contribution in [0, 0.1) is 0 Å². The van der Waals surface area contributed by atoms with Crippen LogP contribution in [0.1, 0.15) is 26.2 Å². The molecule has 74 valence electrons. The van der Waals surface area contributed by atoms with Crippen molar-refractivity contribution in [3.63, 3.8) is 0 Å². The minimum atomic E-state index is -0.539. The van der Waals surface area contributed by atoms with Crippen LogP contribution in [0.4, 0.5) is 4.79 Å². The summed E-state index contributed by atoms with van der Waals surface area (Å²) in [7, 11) is 0. The molecule has 0 radical (unpaired) electrons. The number of urea groups is 1. The lowest BCUT2D eigenvalue weighted by Gasteiger charge is -2.47. The van der Waals surface area contributed by atoms with Gasteiger partial charge in [0.15, 0.2) is 0 Å². The van der Waals surface area contributed by atoms with Crippen molar-refractivity contribution in [1.82, 2.24) is 10.2 Å². The van der Waals surface area contributed by atoms with E-state index in [1.807, 2.05) is 11.8 Å². The van der Waals surface area contributed by atoms with Gasteiger partial charge in [-0.25, -0.2) is 4.79 Å². The zero-order valence-electron chi connectivity index (χ0n) is 7.92. The predicted octanol–water partition coefficient (Wildman–Crippen LogP) is 0.315. The number of hydrogen-bond donors (Lipinski definition) is 2. The van der Waals surface area contributed by atoms with Gasteiger partial charge in [0, 0.05) is 19.1 Å². The van der Waals surface area contributed by atoms with Gasteiger partial charge in [-0.1, -0.05) is 0 Å². The first-order valence-electron chi connectivity index (χ1n) is 4.85. The molecule has 0 spiro atoms. The van der Waals surface area contributed by atoms with Crippen molar-refractivity contribution >= 4 is 6.03 Å². The standard InChI is InChI=1S/C9H16N2O2/c1-9(13)5-7(6-9)11-4-2-3-10-8(11)12/h7,13H,2-6H2,1H3,(H,10,12). The molecule has 4 nitrogen and oxygen atoms in total. The Hall–Kier alpha value is -0.770. The number of nitrogens with zero attached hydrogens (tertiary/aromatic N) is 1. The highest BCUT2D eigenvalue weighted by atomic mass is 16.3. The summed E-state index contributed by atoms with van der Waals surface area (Å²) in [5, 5.41) is 12.4. The Morgan fingerprint density at radius 3 is 2.85 bits per heavy atom. The summed E-state index contributed by atoms with van der Waals surface area (Å²) in [5.74, 6) is 0. The summed E-state index contributed by atoms with van der Waals surface area (Å²) in [6.45, 7) is 3.45. The summed E-state index contributed by atoms with van der Waals surface area (Å²) < 4.78 is 0. The van der Waals surface area contributed by atoms with Gasteiger partial charge in [-0.05, 0) is 26.2 Å². The van der Waals surface area contributed by atoms with Crippen LogP contribution in [0.15, 0.2) is 0 Å². The first-order chi connectivity index (χ1) is 6.08. The van der Waals surface area contributed by atoms with Crippen LogP contribution in [0.3, 0.4) is 0 Å². The lowest BCUT2D eigenvalue weighted by molar-refractivity contribution is -0.0682. The normalized spacial score (nSPS) is 39.7. The summed E-state index contributed by atoms with van der Waals surface area (Å²) in [6.07, 6.45) is 2.46. The van der Waals surface area contributed by atoms with Crippen molar-refractivity contribution in [2.75, 3.05) is 13.1 Å². The highest BCUT2D eigenvalue weighted by Crippen LogP contribution is 2.35. The number of rotatable bonds is 1. The fourth-order valence-electron chi connectivity index (χ4n) is 2.17. The quantitative estimate of drug-likeness (QED) is 0.616. The topological polar surface area (TPSA) is 52.6 Å². The molecule has 2 rings (SSSR count). The fourth-order valence-corrected chi connectivity index (χ4v) is 2.17. The van der Waals surface area contributed by atoms with Crippen LogP contribution < -0.4 is 5.32 Å². The number of hydrogen-bond acceptors (Lipinski definition) is 2. The number of nitrogens with one attached hydrogen (secondary N) is 1. The Labute approximate surface area is 77.9 Å². The van der Waals surface area contributed by atoms with Crippen LogP contribution in [0.2, 0.25) is 0 Å². The summed E-state index contributed by atoms with van der Waals surface area (Å²) in [6, 6.07) is 0.294. The monoisotopic (exact) mass is 184 g/mol. The second-order valence-corrected chi connectivity index (χ2v) is 4.34. The second kappa shape index (κ2) is 2.87. The molecule has 13 heavy (non-hydrogen) atoms. The van der Waals surface area contributed by atoms with E-state index in [0.717, 1.165) is 32.4 Å². The molecule has 1 aliphatic carbocycles. The zero-order chi connectivity index (χ0) is 9.47. The summed E-state index contributed by atoms with van der Waals surface area (Å²) >= 11 is 0. The van der Waals surface area contributed by atoms with Gasteiger partial charge in [-0.2, -0.15) is 0 Å².